The van der Waals surface area contributed by atoms with Crippen LogP contribution >= 0.6 is 15.9 Å². The topological polar surface area (TPSA) is 79.1 Å². The van der Waals surface area contributed by atoms with Gasteiger partial charge in [-0.15, -0.1) is 0 Å². The number of aromatic nitrogens is 2. The minimum absolute atomic E-state index is 0.0557. The molecule has 2 heterocycles. The second kappa shape index (κ2) is 7.57. The van der Waals surface area contributed by atoms with Crippen molar-refractivity contribution in [1.82, 2.24) is 9.97 Å². The van der Waals surface area contributed by atoms with Gasteiger partial charge in [-0.05, 0) is 66.5 Å². The normalized spacial score (nSPS) is 10.9. The van der Waals surface area contributed by atoms with Gasteiger partial charge >= 0.3 is 6.09 Å². The molecule has 0 aliphatic rings. The number of carbonyl (C=O) groups excluding carboxylic acids is 1. The Morgan fingerprint density at radius 2 is 2.12 bits per heavy atom. The SMILES string of the molecule is CC(C)(C)OC(=O)N(Cc1ccnc(C#N)c1)c1ccc(Br)c(F)n1. The quantitative estimate of drug-likeness (QED) is 0.713. The molecule has 6 nitrogen and oxygen atoms in total. The smallest absolute Gasteiger partial charge is 0.416 e. The van der Waals surface area contributed by atoms with Gasteiger partial charge in [0.25, 0.3) is 0 Å². The maximum Gasteiger partial charge on any atom is 0.416 e. The van der Waals surface area contributed by atoms with Crippen molar-refractivity contribution in [2.24, 2.45) is 0 Å². The van der Waals surface area contributed by atoms with Crippen LogP contribution < -0.4 is 4.90 Å². The molecule has 0 aromatic carbocycles. The van der Waals surface area contributed by atoms with E-state index in [1.54, 1.807) is 32.9 Å². The van der Waals surface area contributed by atoms with E-state index < -0.39 is 17.6 Å². The van der Waals surface area contributed by atoms with Crippen LogP contribution in [0.25, 0.3) is 0 Å². The first-order valence-electron chi connectivity index (χ1n) is 7.37. The fourth-order valence-corrected chi connectivity index (χ4v) is 2.15. The van der Waals surface area contributed by atoms with Crippen molar-refractivity contribution < 1.29 is 13.9 Å². The maximum atomic E-state index is 13.8. The first kappa shape index (κ1) is 18.8. The van der Waals surface area contributed by atoms with E-state index in [1.165, 1.54) is 23.2 Å². The number of hydrogen-bond acceptors (Lipinski definition) is 5. The third kappa shape index (κ3) is 5.22. The molecule has 2 rings (SSSR count). The fourth-order valence-electron chi connectivity index (χ4n) is 1.93. The van der Waals surface area contributed by atoms with E-state index in [2.05, 4.69) is 25.9 Å². The zero-order valence-corrected chi connectivity index (χ0v) is 15.5. The van der Waals surface area contributed by atoms with E-state index in [-0.39, 0.29) is 22.5 Å². The van der Waals surface area contributed by atoms with Crippen molar-refractivity contribution in [3.05, 3.63) is 52.1 Å². The van der Waals surface area contributed by atoms with Gasteiger partial charge in [-0.3, -0.25) is 4.90 Å². The number of rotatable bonds is 3. The number of ether oxygens (including phenoxy) is 1. The second-order valence-electron chi connectivity index (χ2n) is 6.17. The number of nitriles is 1. The van der Waals surface area contributed by atoms with E-state index in [1.807, 2.05) is 6.07 Å². The molecule has 2 aromatic heterocycles. The minimum atomic E-state index is -0.737. The Kier molecular flexibility index (Phi) is 5.69. The van der Waals surface area contributed by atoms with Crippen molar-refractivity contribution >= 4 is 27.8 Å². The average Bonchev–Trinajstić information content (AvgIpc) is 2.54. The number of hydrogen-bond donors (Lipinski definition) is 0. The molecule has 8 heteroatoms. The van der Waals surface area contributed by atoms with E-state index in [4.69, 9.17) is 10.00 Å². The molecule has 0 aliphatic heterocycles. The van der Waals surface area contributed by atoms with Gasteiger partial charge in [-0.1, -0.05) is 0 Å². The highest BCUT2D eigenvalue weighted by Crippen LogP contribution is 2.22. The van der Waals surface area contributed by atoms with E-state index in [0.717, 1.165) is 0 Å². The van der Waals surface area contributed by atoms with Crippen molar-refractivity contribution in [3.63, 3.8) is 0 Å². The van der Waals surface area contributed by atoms with Crippen molar-refractivity contribution in [3.8, 4) is 6.07 Å². The van der Waals surface area contributed by atoms with Crippen molar-refractivity contribution in [1.29, 1.82) is 5.26 Å². The third-order valence-electron chi connectivity index (χ3n) is 2.96. The zero-order valence-electron chi connectivity index (χ0n) is 14.0. The van der Waals surface area contributed by atoms with Gasteiger partial charge in [0.05, 0.1) is 11.0 Å². The van der Waals surface area contributed by atoms with Gasteiger partial charge in [-0.25, -0.2) is 14.8 Å². The molecular formula is C17H16BrFN4O2. The fraction of sp³-hybridized carbons (Fsp3) is 0.294. The van der Waals surface area contributed by atoms with Crippen molar-refractivity contribution in [2.45, 2.75) is 32.9 Å². The minimum Gasteiger partial charge on any atom is -0.443 e. The van der Waals surface area contributed by atoms with Crippen LogP contribution in [0.3, 0.4) is 0 Å². The van der Waals surface area contributed by atoms with Crippen LogP contribution in [-0.4, -0.2) is 21.7 Å². The molecule has 0 atom stereocenters. The molecular weight excluding hydrogens is 391 g/mol. The molecule has 0 radical (unpaired) electrons. The Labute approximate surface area is 153 Å². The summed E-state index contributed by atoms with van der Waals surface area (Å²) in [5.74, 6) is -0.635. The second-order valence-corrected chi connectivity index (χ2v) is 7.02. The number of amides is 1. The molecule has 0 saturated heterocycles. The van der Waals surface area contributed by atoms with Gasteiger partial charge in [0.1, 0.15) is 23.2 Å². The standard InChI is InChI=1S/C17H16BrFN4O2/c1-17(2,3)25-16(24)23(14-5-4-13(18)15(19)22-14)10-11-6-7-21-12(8-11)9-20/h4-8H,10H2,1-3H3. The summed E-state index contributed by atoms with van der Waals surface area (Å²) in [6, 6.07) is 8.11. The predicted molar refractivity (Wildman–Crippen MR) is 93.3 cm³/mol. The first-order valence-corrected chi connectivity index (χ1v) is 8.16. The number of halogens is 2. The van der Waals surface area contributed by atoms with Crippen LogP contribution in [0, 0.1) is 17.3 Å². The number of nitrogens with zero attached hydrogens (tertiary/aromatic N) is 4. The molecule has 0 unspecified atom stereocenters. The van der Waals surface area contributed by atoms with E-state index in [0.29, 0.717) is 5.56 Å². The summed E-state index contributed by atoms with van der Waals surface area (Å²) in [6.07, 6.45) is 0.800. The van der Waals surface area contributed by atoms with E-state index in [9.17, 15) is 9.18 Å². The third-order valence-corrected chi connectivity index (χ3v) is 3.55. The van der Waals surface area contributed by atoms with Gasteiger partial charge in [0, 0.05) is 6.20 Å². The van der Waals surface area contributed by atoms with Crippen molar-refractivity contribution in [2.75, 3.05) is 4.90 Å². The largest absolute Gasteiger partial charge is 0.443 e. The lowest BCUT2D eigenvalue weighted by molar-refractivity contribution is 0.0576. The maximum absolute atomic E-state index is 13.8. The van der Waals surface area contributed by atoms with Crippen LogP contribution in [-0.2, 0) is 11.3 Å². The highest BCUT2D eigenvalue weighted by Gasteiger charge is 2.25. The summed E-state index contributed by atoms with van der Waals surface area (Å²) in [6.45, 7) is 5.26. The van der Waals surface area contributed by atoms with Gasteiger partial charge in [0.15, 0.2) is 0 Å². The molecule has 0 saturated carbocycles. The van der Waals surface area contributed by atoms with Gasteiger partial charge in [-0.2, -0.15) is 9.65 Å². The van der Waals surface area contributed by atoms with E-state index >= 15 is 0 Å². The van der Waals surface area contributed by atoms with Crippen LogP contribution in [0.1, 0.15) is 32.0 Å². The number of carbonyl (C=O) groups is 1. The summed E-state index contributed by atoms with van der Waals surface area (Å²) in [7, 11) is 0. The molecule has 25 heavy (non-hydrogen) atoms. The average molecular weight is 407 g/mol. The van der Waals surface area contributed by atoms with Crippen LogP contribution in [0.4, 0.5) is 15.0 Å². The highest BCUT2D eigenvalue weighted by atomic mass is 79.9. The summed E-state index contributed by atoms with van der Waals surface area (Å²) in [4.78, 5) is 21.5. The summed E-state index contributed by atoms with van der Waals surface area (Å²) >= 11 is 3.03. The molecule has 0 aliphatic carbocycles. The Morgan fingerprint density at radius 3 is 2.72 bits per heavy atom. The molecule has 0 spiro atoms. The number of anilines is 1. The highest BCUT2D eigenvalue weighted by molar-refractivity contribution is 9.10. The lowest BCUT2D eigenvalue weighted by Crippen LogP contribution is -2.37. The summed E-state index contributed by atoms with van der Waals surface area (Å²) < 4.78 is 19.4. The predicted octanol–water partition coefficient (Wildman–Crippen LogP) is 4.19. The molecule has 1 amide bonds. The van der Waals surface area contributed by atoms with Gasteiger partial charge < -0.3 is 4.74 Å². The molecule has 0 bridgehead atoms. The van der Waals surface area contributed by atoms with Crippen LogP contribution in [0.2, 0.25) is 0 Å². The van der Waals surface area contributed by atoms with Crippen LogP contribution in [0.15, 0.2) is 34.9 Å². The lowest BCUT2D eigenvalue weighted by Gasteiger charge is -2.27. The molecule has 0 fully saturated rings. The first-order chi connectivity index (χ1) is 11.7. The zero-order chi connectivity index (χ0) is 18.6. The molecule has 130 valence electrons. The Hall–Kier alpha value is -2.53. The monoisotopic (exact) mass is 406 g/mol. The lowest BCUT2D eigenvalue weighted by atomic mass is 10.2. The summed E-state index contributed by atoms with van der Waals surface area (Å²) in [5, 5.41) is 8.96. The molecule has 2 aromatic rings. The Bertz CT molecular complexity index is 830. The Morgan fingerprint density at radius 1 is 1.40 bits per heavy atom. The summed E-state index contributed by atoms with van der Waals surface area (Å²) in [5.41, 5.74) is 0.137. The number of pyridine rings is 2. The van der Waals surface area contributed by atoms with Crippen LogP contribution in [0.5, 0.6) is 0 Å². The molecule has 0 N–H and O–H groups in total. The Balaban J connectivity index is 2.39. The van der Waals surface area contributed by atoms with Gasteiger partial charge in [0.2, 0.25) is 5.95 Å².